The summed E-state index contributed by atoms with van der Waals surface area (Å²) in [6.45, 7) is 3.80. The fourth-order valence-corrected chi connectivity index (χ4v) is 2.06. The first-order valence-corrected chi connectivity index (χ1v) is 6.97. The molecule has 0 saturated heterocycles. The zero-order chi connectivity index (χ0) is 15.7. The number of carbonyl (C=O) groups excluding carboxylic acids is 1. The van der Waals surface area contributed by atoms with E-state index in [1.807, 2.05) is 6.07 Å². The van der Waals surface area contributed by atoms with Crippen LogP contribution in [0.2, 0.25) is 0 Å². The molecule has 1 aromatic carbocycles. The first-order valence-electron chi connectivity index (χ1n) is 6.97. The Morgan fingerprint density at radius 2 is 1.90 bits per heavy atom. The van der Waals surface area contributed by atoms with Crippen LogP contribution in [-0.4, -0.2) is 51.3 Å². The van der Waals surface area contributed by atoms with Crippen molar-refractivity contribution in [3.63, 3.8) is 0 Å². The molecule has 0 bridgehead atoms. The molecule has 0 aliphatic carbocycles. The predicted octanol–water partition coefficient (Wildman–Crippen LogP) is 0.853. The molecule has 6 nitrogen and oxygen atoms in total. The summed E-state index contributed by atoms with van der Waals surface area (Å²) in [5.74, 6) is -0.468. The largest absolute Gasteiger partial charge is 0.398 e. The topological polar surface area (TPSA) is 90.8 Å². The van der Waals surface area contributed by atoms with E-state index in [9.17, 15) is 4.79 Å². The van der Waals surface area contributed by atoms with Crippen molar-refractivity contribution in [2.45, 2.75) is 13.0 Å². The van der Waals surface area contributed by atoms with Crippen LogP contribution in [0, 0.1) is 0 Å². The molecular formula is C15H25N3O3. The Bertz CT molecular complexity index is 452. The number of nitrogens with zero attached hydrogens (tertiary/aromatic N) is 1. The highest BCUT2D eigenvalue weighted by molar-refractivity contribution is 5.93. The van der Waals surface area contributed by atoms with E-state index < -0.39 is 5.91 Å². The molecule has 1 rings (SSSR count). The van der Waals surface area contributed by atoms with Gasteiger partial charge in [0.05, 0.1) is 6.61 Å². The zero-order valence-electron chi connectivity index (χ0n) is 12.8. The van der Waals surface area contributed by atoms with E-state index >= 15 is 0 Å². The summed E-state index contributed by atoms with van der Waals surface area (Å²) in [4.78, 5) is 13.4. The molecule has 4 N–H and O–H groups in total. The summed E-state index contributed by atoms with van der Waals surface area (Å²) in [6, 6.07) is 5.19. The molecule has 0 radical (unpaired) electrons. The Balaban J connectivity index is 2.69. The van der Waals surface area contributed by atoms with Crippen molar-refractivity contribution >= 4 is 11.6 Å². The average Bonchev–Trinajstić information content (AvgIpc) is 2.46. The van der Waals surface area contributed by atoms with Crippen molar-refractivity contribution in [1.82, 2.24) is 4.90 Å². The zero-order valence-corrected chi connectivity index (χ0v) is 12.8. The van der Waals surface area contributed by atoms with Crippen molar-refractivity contribution in [1.29, 1.82) is 0 Å². The Morgan fingerprint density at radius 1 is 1.19 bits per heavy atom. The number of nitrogen functional groups attached to an aromatic ring is 1. The van der Waals surface area contributed by atoms with Gasteiger partial charge in [-0.1, -0.05) is 6.07 Å². The lowest BCUT2D eigenvalue weighted by Crippen LogP contribution is -2.29. The fraction of sp³-hybridized carbons (Fsp3) is 0.533. The maximum absolute atomic E-state index is 11.1. The first kappa shape index (κ1) is 17.4. The number of nitrogens with two attached hydrogens (primary N) is 2. The molecule has 0 heterocycles. The number of benzene rings is 1. The van der Waals surface area contributed by atoms with Gasteiger partial charge in [0.1, 0.15) is 0 Å². The van der Waals surface area contributed by atoms with E-state index in [2.05, 4.69) is 4.90 Å². The van der Waals surface area contributed by atoms with Gasteiger partial charge in [0.15, 0.2) is 0 Å². The number of carbonyl (C=O) groups is 1. The van der Waals surface area contributed by atoms with E-state index in [0.717, 1.165) is 31.7 Å². The minimum Gasteiger partial charge on any atom is -0.398 e. The smallest absolute Gasteiger partial charge is 0.248 e. The molecule has 21 heavy (non-hydrogen) atoms. The van der Waals surface area contributed by atoms with E-state index in [0.29, 0.717) is 24.4 Å². The Labute approximate surface area is 126 Å². The van der Waals surface area contributed by atoms with Gasteiger partial charge in [0, 0.05) is 51.7 Å². The molecule has 0 atom stereocenters. The second-order valence-corrected chi connectivity index (χ2v) is 4.89. The van der Waals surface area contributed by atoms with Gasteiger partial charge >= 0.3 is 0 Å². The van der Waals surface area contributed by atoms with Gasteiger partial charge in [-0.3, -0.25) is 9.69 Å². The van der Waals surface area contributed by atoms with Crippen molar-refractivity contribution in [3.05, 3.63) is 29.3 Å². The summed E-state index contributed by atoms with van der Waals surface area (Å²) >= 11 is 0. The molecule has 0 fully saturated rings. The monoisotopic (exact) mass is 295 g/mol. The molecule has 6 heteroatoms. The van der Waals surface area contributed by atoms with E-state index in [1.54, 1.807) is 26.4 Å². The van der Waals surface area contributed by atoms with Gasteiger partial charge in [0.25, 0.3) is 0 Å². The van der Waals surface area contributed by atoms with Gasteiger partial charge in [-0.15, -0.1) is 0 Å². The second kappa shape index (κ2) is 9.33. The molecule has 1 amide bonds. The van der Waals surface area contributed by atoms with Gasteiger partial charge in [-0.25, -0.2) is 0 Å². The number of hydrogen-bond donors (Lipinski definition) is 2. The third kappa shape index (κ3) is 6.12. The predicted molar refractivity (Wildman–Crippen MR) is 83.0 cm³/mol. The van der Waals surface area contributed by atoms with Crippen molar-refractivity contribution in [3.8, 4) is 0 Å². The lowest BCUT2D eigenvalue weighted by atomic mass is 10.1. The Kier molecular flexibility index (Phi) is 7.74. The van der Waals surface area contributed by atoms with E-state index in [1.165, 1.54) is 0 Å². The van der Waals surface area contributed by atoms with Crippen LogP contribution in [0.1, 0.15) is 22.3 Å². The Morgan fingerprint density at radius 3 is 2.48 bits per heavy atom. The van der Waals surface area contributed by atoms with E-state index in [4.69, 9.17) is 20.9 Å². The van der Waals surface area contributed by atoms with Gasteiger partial charge in [-0.05, 0) is 24.1 Å². The first-order chi connectivity index (χ1) is 10.1. The number of hydrogen-bond acceptors (Lipinski definition) is 5. The third-order valence-corrected chi connectivity index (χ3v) is 3.26. The SMILES string of the molecule is COCCCN(CCOC)Cc1ccc(C(N)=O)cc1N. The molecule has 0 unspecified atom stereocenters. The van der Waals surface area contributed by atoms with Crippen molar-refractivity contribution in [2.75, 3.05) is 46.3 Å². The van der Waals surface area contributed by atoms with E-state index in [-0.39, 0.29) is 0 Å². The normalized spacial score (nSPS) is 11.0. The van der Waals surface area contributed by atoms with Crippen LogP contribution in [0.15, 0.2) is 18.2 Å². The summed E-state index contributed by atoms with van der Waals surface area (Å²) in [5.41, 5.74) is 13.2. The number of primary amides is 1. The summed E-state index contributed by atoms with van der Waals surface area (Å²) < 4.78 is 10.2. The van der Waals surface area contributed by atoms with Crippen molar-refractivity contribution in [2.24, 2.45) is 5.73 Å². The van der Waals surface area contributed by atoms with Crippen molar-refractivity contribution < 1.29 is 14.3 Å². The summed E-state index contributed by atoms with van der Waals surface area (Å²) in [5, 5.41) is 0. The van der Waals surface area contributed by atoms with Crippen LogP contribution in [0.5, 0.6) is 0 Å². The minimum absolute atomic E-state index is 0.430. The van der Waals surface area contributed by atoms with Crippen LogP contribution >= 0.6 is 0 Å². The standard InChI is InChI=1S/C15H25N3O3/c1-20-8-3-6-18(7-9-21-2)11-13-5-4-12(15(17)19)10-14(13)16/h4-5,10H,3,6-9,11,16H2,1-2H3,(H2,17,19). The lowest BCUT2D eigenvalue weighted by Gasteiger charge is -2.22. The average molecular weight is 295 g/mol. The van der Waals surface area contributed by atoms with Gasteiger partial charge < -0.3 is 20.9 Å². The van der Waals surface area contributed by atoms with Crippen LogP contribution in [0.4, 0.5) is 5.69 Å². The number of anilines is 1. The summed E-state index contributed by atoms with van der Waals surface area (Å²) in [7, 11) is 3.38. The molecule has 0 saturated carbocycles. The molecule has 0 aliphatic heterocycles. The highest BCUT2D eigenvalue weighted by Crippen LogP contribution is 2.16. The van der Waals surface area contributed by atoms with Gasteiger partial charge in [-0.2, -0.15) is 0 Å². The maximum atomic E-state index is 11.1. The number of ether oxygens (including phenoxy) is 2. The summed E-state index contributed by atoms with van der Waals surface area (Å²) in [6.07, 6.45) is 0.944. The third-order valence-electron chi connectivity index (χ3n) is 3.26. The van der Waals surface area contributed by atoms with Crippen LogP contribution in [-0.2, 0) is 16.0 Å². The molecular weight excluding hydrogens is 270 g/mol. The minimum atomic E-state index is -0.468. The second-order valence-electron chi connectivity index (χ2n) is 4.89. The molecule has 0 spiro atoms. The maximum Gasteiger partial charge on any atom is 0.248 e. The highest BCUT2D eigenvalue weighted by Gasteiger charge is 2.10. The number of rotatable bonds is 10. The molecule has 0 aliphatic rings. The lowest BCUT2D eigenvalue weighted by molar-refractivity contribution is 0.100. The van der Waals surface area contributed by atoms with Crippen LogP contribution < -0.4 is 11.5 Å². The number of amides is 1. The molecule has 1 aromatic rings. The fourth-order valence-electron chi connectivity index (χ4n) is 2.06. The van der Waals surface area contributed by atoms with Crippen LogP contribution in [0.25, 0.3) is 0 Å². The highest BCUT2D eigenvalue weighted by atomic mass is 16.5. The number of methoxy groups -OCH3 is 2. The van der Waals surface area contributed by atoms with Crippen LogP contribution in [0.3, 0.4) is 0 Å². The molecule has 118 valence electrons. The van der Waals surface area contributed by atoms with Gasteiger partial charge in [0.2, 0.25) is 5.91 Å². The molecule has 0 aromatic heterocycles. The quantitative estimate of drug-likeness (QED) is 0.493. The Hall–Kier alpha value is -1.63.